The molecule has 0 spiro atoms. The van der Waals surface area contributed by atoms with Crippen molar-refractivity contribution in [3.63, 3.8) is 0 Å². The second-order valence-corrected chi connectivity index (χ2v) is 8.75. The topological polar surface area (TPSA) is 79.5 Å². The summed E-state index contributed by atoms with van der Waals surface area (Å²) in [6, 6.07) is 8.16. The highest BCUT2D eigenvalue weighted by Gasteiger charge is 2.29. The number of hydrogen-bond acceptors (Lipinski definition) is 4. The Kier molecular flexibility index (Phi) is 6.82. The largest absolute Gasteiger partial charge is 0.376 e. The van der Waals surface area contributed by atoms with Crippen molar-refractivity contribution in [2.24, 2.45) is 11.8 Å². The van der Waals surface area contributed by atoms with Gasteiger partial charge in [-0.15, -0.1) is 0 Å². The third-order valence-electron chi connectivity index (χ3n) is 6.71. The van der Waals surface area contributed by atoms with Crippen LogP contribution < -0.4 is 16.0 Å². The maximum atomic E-state index is 12.6. The zero-order valence-electron chi connectivity index (χ0n) is 17.1. The maximum absolute atomic E-state index is 12.6. The van der Waals surface area contributed by atoms with Gasteiger partial charge in [-0.3, -0.25) is 9.59 Å². The van der Waals surface area contributed by atoms with Gasteiger partial charge >= 0.3 is 0 Å². The van der Waals surface area contributed by atoms with Gasteiger partial charge in [0.1, 0.15) is 0 Å². The summed E-state index contributed by atoms with van der Waals surface area (Å²) in [5.41, 5.74) is 2.55. The number of hydrogen-bond donors (Lipinski definition) is 3. The van der Waals surface area contributed by atoms with Crippen LogP contribution in [0.1, 0.15) is 49.7 Å². The number of rotatable bonds is 6. The van der Waals surface area contributed by atoms with Crippen LogP contribution in [0.25, 0.3) is 0 Å². The van der Waals surface area contributed by atoms with E-state index in [0.717, 1.165) is 58.1 Å². The Balaban J connectivity index is 1.14. The van der Waals surface area contributed by atoms with Crippen molar-refractivity contribution in [2.45, 2.75) is 63.6 Å². The molecule has 1 saturated heterocycles. The Bertz CT molecular complexity index is 709. The highest BCUT2D eigenvalue weighted by atomic mass is 16.5. The average Bonchev–Trinajstić information content (AvgIpc) is 3.29. The van der Waals surface area contributed by atoms with Gasteiger partial charge in [-0.25, -0.2) is 0 Å². The predicted molar refractivity (Wildman–Crippen MR) is 111 cm³/mol. The van der Waals surface area contributed by atoms with Crippen molar-refractivity contribution in [3.8, 4) is 0 Å². The SMILES string of the molecule is O=C(NCC1CCCO1)C1CCC(CNC(=O)[C@@H]2Cc3ccccc3CN2)CC1. The van der Waals surface area contributed by atoms with Gasteiger partial charge in [-0.2, -0.15) is 0 Å². The molecule has 3 aliphatic rings. The third-order valence-corrected chi connectivity index (χ3v) is 6.71. The highest BCUT2D eigenvalue weighted by molar-refractivity contribution is 5.82. The molecule has 6 heteroatoms. The van der Waals surface area contributed by atoms with Gasteiger partial charge in [0.05, 0.1) is 12.1 Å². The molecule has 1 aliphatic carbocycles. The summed E-state index contributed by atoms with van der Waals surface area (Å²) in [6.45, 7) is 2.93. The van der Waals surface area contributed by atoms with Gasteiger partial charge in [0.15, 0.2) is 0 Å². The summed E-state index contributed by atoms with van der Waals surface area (Å²) in [5, 5.41) is 9.56. The smallest absolute Gasteiger partial charge is 0.237 e. The van der Waals surface area contributed by atoms with Crippen molar-refractivity contribution < 1.29 is 14.3 Å². The van der Waals surface area contributed by atoms with Gasteiger partial charge in [0.2, 0.25) is 11.8 Å². The van der Waals surface area contributed by atoms with Gasteiger partial charge in [-0.1, -0.05) is 24.3 Å². The van der Waals surface area contributed by atoms with E-state index in [-0.39, 0.29) is 29.9 Å². The van der Waals surface area contributed by atoms with E-state index in [4.69, 9.17) is 4.74 Å². The zero-order chi connectivity index (χ0) is 20.1. The number of carbonyl (C=O) groups is 2. The van der Waals surface area contributed by atoms with Gasteiger partial charge < -0.3 is 20.7 Å². The van der Waals surface area contributed by atoms with E-state index in [2.05, 4.69) is 28.1 Å². The zero-order valence-corrected chi connectivity index (χ0v) is 17.1. The minimum Gasteiger partial charge on any atom is -0.376 e. The van der Waals surface area contributed by atoms with Crippen LogP contribution in [-0.2, 0) is 27.3 Å². The molecule has 2 amide bonds. The number of ether oxygens (including phenoxy) is 1. The number of fused-ring (bicyclic) bond motifs is 1. The van der Waals surface area contributed by atoms with Crippen molar-refractivity contribution in [1.82, 2.24) is 16.0 Å². The average molecular weight is 400 g/mol. The molecular formula is C23H33N3O3. The molecule has 3 N–H and O–H groups in total. The van der Waals surface area contributed by atoms with Crippen LogP contribution in [0.5, 0.6) is 0 Å². The first-order chi connectivity index (χ1) is 14.2. The van der Waals surface area contributed by atoms with Crippen LogP contribution in [0.3, 0.4) is 0 Å². The molecule has 2 aliphatic heterocycles. The first-order valence-corrected chi connectivity index (χ1v) is 11.2. The van der Waals surface area contributed by atoms with Crippen LogP contribution in [0.4, 0.5) is 0 Å². The number of carbonyl (C=O) groups excluding carboxylic acids is 2. The van der Waals surface area contributed by atoms with Gasteiger partial charge in [0.25, 0.3) is 0 Å². The summed E-state index contributed by atoms with van der Waals surface area (Å²) in [4.78, 5) is 25.0. The Morgan fingerprint density at radius 1 is 0.966 bits per heavy atom. The fraction of sp³-hybridized carbons (Fsp3) is 0.652. The summed E-state index contributed by atoms with van der Waals surface area (Å²) in [5.74, 6) is 0.848. The van der Waals surface area contributed by atoms with Crippen LogP contribution in [-0.4, -0.2) is 43.7 Å². The Morgan fingerprint density at radius 2 is 1.72 bits per heavy atom. The van der Waals surface area contributed by atoms with Crippen molar-refractivity contribution >= 4 is 11.8 Å². The standard InChI is InChI=1S/C23H33N3O3/c27-22(26-15-20-6-3-11-29-20)17-9-7-16(8-10-17)13-25-23(28)21-12-18-4-1-2-5-19(18)14-24-21/h1-2,4-5,16-17,20-21,24H,3,6-15H2,(H,25,28)(H,26,27)/t16?,17?,20?,21-/m0/s1. The van der Waals surface area contributed by atoms with Crippen molar-refractivity contribution in [1.29, 1.82) is 0 Å². The first-order valence-electron chi connectivity index (χ1n) is 11.2. The summed E-state index contributed by atoms with van der Waals surface area (Å²) >= 11 is 0. The molecule has 2 atom stereocenters. The molecule has 158 valence electrons. The lowest BCUT2D eigenvalue weighted by Gasteiger charge is -2.29. The van der Waals surface area contributed by atoms with Gasteiger partial charge in [0, 0.05) is 32.2 Å². The second kappa shape index (κ2) is 9.72. The van der Waals surface area contributed by atoms with Crippen LogP contribution in [0.2, 0.25) is 0 Å². The molecule has 0 radical (unpaired) electrons. The molecule has 1 aromatic carbocycles. The molecule has 1 saturated carbocycles. The van der Waals surface area contributed by atoms with E-state index < -0.39 is 0 Å². The van der Waals surface area contributed by atoms with E-state index >= 15 is 0 Å². The fourth-order valence-corrected chi connectivity index (χ4v) is 4.80. The van der Waals surface area contributed by atoms with Gasteiger partial charge in [-0.05, 0) is 62.0 Å². The molecule has 0 bridgehead atoms. The molecule has 4 rings (SSSR count). The third kappa shape index (κ3) is 5.37. The minimum atomic E-state index is -0.148. The normalized spacial score (nSPS) is 29.1. The molecule has 0 aromatic heterocycles. The number of amides is 2. The molecule has 29 heavy (non-hydrogen) atoms. The maximum Gasteiger partial charge on any atom is 0.237 e. The molecule has 6 nitrogen and oxygen atoms in total. The Morgan fingerprint density at radius 3 is 2.48 bits per heavy atom. The monoisotopic (exact) mass is 399 g/mol. The second-order valence-electron chi connectivity index (χ2n) is 8.75. The number of nitrogens with one attached hydrogen (secondary N) is 3. The van der Waals surface area contributed by atoms with E-state index in [1.165, 1.54) is 11.1 Å². The van der Waals surface area contributed by atoms with Crippen LogP contribution in [0, 0.1) is 11.8 Å². The quantitative estimate of drug-likeness (QED) is 0.683. The summed E-state index contributed by atoms with van der Waals surface area (Å²) in [7, 11) is 0. The Hall–Kier alpha value is -1.92. The lowest BCUT2D eigenvalue weighted by atomic mass is 9.81. The molecule has 1 aromatic rings. The van der Waals surface area contributed by atoms with E-state index in [1.807, 2.05) is 12.1 Å². The first kappa shape index (κ1) is 20.4. The number of benzene rings is 1. The summed E-state index contributed by atoms with van der Waals surface area (Å²) < 4.78 is 5.57. The molecule has 2 fully saturated rings. The van der Waals surface area contributed by atoms with Crippen molar-refractivity contribution in [3.05, 3.63) is 35.4 Å². The molecule has 1 unspecified atom stereocenters. The van der Waals surface area contributed by atoms with E-state index in [9.17, 15) is 9.59 Å². The predicted octanol–water partition coefficient (Wildman–Crippen LogP) is 1.92. The lowest BCUT2D eigenvalue weighted by molar-refractivity contribution is -0.127. The fourth-order valence-electron chi connectivity index (χ4n) is 4.80. The lowest BCUT2D eigenvalue weighted by Crippen LogP contribution is -2.48. The highest BCUT2D eigenvalue weighted by Crippen LogP contribution is 2.28. The van der Waals surface area contributed by atoms with Crippen molar-refractivity contribution in [2.75, 3.05) is 19.7 Å². The van der Waals surface area contributed by atoms with E-state index in [0.29, 0.717) is 19.0 Å². The molecule has 2 heterocycles. The van der Waals surface area contributed by atoms with E-state index in [1.54, 1.807) is 0 Å². The minimum absolute atomic E-state index is 0.0935. The summed E-state index contributed by atoms with van der Waals surface area (Å²) in [6.07, 6.45) is 6.91. The van der Waals surface area contributed by atoms with Crippen LogP contribution in [0.15, 0.2) is 24.3 Å². The molecular weight excluding hydrogens is 366 g/mol. The Labute approximate surface area is 173 Å². The van der Waals surface area contributed by atoms with Crippen LogP contribution >= 0.6 is 0 Å².